The molecule has 0 saturated heterocycles. The fourth-order valence-electron chi connectivity index (χ4n) is 3.08. The summed E-state index contributed by atoms with van der Waals surface area (Å²) in [5.74, 6) is -0.806. The van der Waals surface area contributed by atoms with Crippen LogP contribution < -0.4 is 9.62 Å². The minimum Gasteiger partial charge on any atom is -0.354 e. The maximum absolute atomic E-state index is 13.5. The Labute approximate surface area is 201 Å². The molecule has 2 amide bonds. The Bertz CT molecular complexity index is 1030. The molecule has 2 aromatic carbocycles. The lowest BCUT2D eigenvalue weighted by Gasteiger charge is -2.32. The molecule has 10 heteroatoms. The highest BCUT2D eigenvalue weighted by Gasteiger charge is 2.32. The lowest BCUT2D eigenvalue weighted by Crippen LogP contribution is -2.52. The number of carbonyl (C=O) groups is 2. The van der Waals surface area contributed by atoms with E-state index in [1.54, 1.807) is 61.5 Å². The molecule has 2 rings (SSSR count). The van der Waals surface area contributed by atoms with Crippen LogP contribution in [0.25, 0.3) is 0 Å². The summed E-state index contributed by atoms with van der Waals surface area (Å²) in [6.45, 7) is 3.72. The van der Waals surface area contributed by atoms with Gasteiger partial charge in [0.15, 0.2) is 0 Å². The molecule has 1 N–H and O–H groups in total. The van der Waals surface area contributed by atoms with Gasteiger partial charge in [0.25, 0.3) is 0 Å². The second-order valence-electron chi connectivity index (χ2n) is 7.75. The summed E-state index contributed by atoms with van der Waals surface area (Å²) in [4.78, 5) is 27.6. The van der Waals surface area contributed by atoms with Gasteiger partial charge in [0.1, 0.15) is 12.6 Å². The fourth-order valence-corrected chi connectivity index (χ4v) is 4.26. The minimum absolute atomic E-state index is 0.126. The Balaban J connectivity index is 2.39. The largest absolute Gasteiger partial charge is 0.354 e. The van der Waals surface area contributed by atoms with Crippen LogP contribution in [-0.2, 0) is 26.3 Å². The summed E-state index contributed by atoms with van der Waals surface area (Å²) < 4.78 is 28.1. The number of benzene rings is 2. The molecule has 0 saturated carbocycles. The standard InChI is InChI=1S/C23H31ClN4O4S/c1-5-15-25-23(30)18(2)27(16-19-11-13-20(24)14-12-19)22(29)17-28(33(31,32)26(3)4)21-9-7-6-8-10-21/h6-14,18H,5,15-17H2,1-4H3,(H,25,30)/t18-/m1/s1. The average molecular weight is 495 g/mol. The second-order valence-corrected chi connectivity index (χ2v) is 10.3. The Morgan fingerprint density at radius 2 is 1.64 bits per heavy atom. The molecular formula is C23H31ClN4O4S. The molecule has 33 heavy (non-hydrogen) atoms. The molecule has 0 aliphatic heterocycles. The molecule has 0 aliphatic rings. The van der Waals surface area contributed by atoms with E-state index < -0.39 is 28.7 Å². The molecule has 0 aliphatic carbocycles. The van der Waals surface area contributed by atoms with Crippen molar-refractivity contribution in [2.45, 2.75) is 32.9 Å². The van der Waals surface area contributed by atoms with Gasteiger partial charge in [-0.05, 0) is 43.2 Å². The first-order valence-electron chi connectivity index (χ1n) is 10.6. The highest BCUT2D eigenvalue weighted by Crippen LogP contribution is 2.20. The van der Waals surface area contributed by atoms with Gasteiger partial charge in [-0.3, -0.25) is 9.59 Å². The van der Waals surface area contributed by atoms with Gasteiger partial charge >= 0.3 is 10.2 Å². The van der Waals surface area contributed by atoms with E-state index in [1.807, 2.05) is 6.92 Å². The van der Waals surface area contributed by atoms with E-state index in [0.29, 0.717) is 17.3 Å². The number of anilines is 1. The predicted octanol–water partition coefficient (Wildman–Crippen LogP) is 2.90. The number of halogens is 1. The molecule has 0 fully saturated rings. The number of carbonyl (C=O) groups excluding carboxylic acids is 2. The maximum Gasteiger partial charge on any atom is 0.304 e. The first-order valence-corrected chi connectivity index (χ1v) is 12.4. The maximum atomic E-state index is 13.5. The smallest absolute Gasteiger partial charge is 0.304 e. The van der Waals surface area contributed by atoms with Crippen LogP contribution in [-0.4, -0.2) is 62.7 Å². The van der Waals surface area contributed by atoms with Crippen LogP contribution in [0.3, 0.4) is 0 Å². The number of rotatable bonds is 11. The fraction of sp³-hybridized carbons (Fsp3) is 0.391. The molecule has 8 nitrogen and oxygen atoms in total. The second kappa shape index (κ2) is 12.0. The zero-order valence-electron chi connectivity index (χ0n) is 19.4. The number of amides is 2. The van der Waals surface area contributed by atoms with Crippen molar-refractivity contribution in [2.24, 2.45) is 0 Å². The van der Waals surface area contributed by atoms with Crippen LogP contribution >= 0.6 is 11.6 Å². The van der Waals surface area contributed by atoms with Crippen LogP contribution in [0.2, 0.25) is 5.02 Å². The topological polar surface area (TPSA) is 90.0 Å². The number of nitrogens with zero attached hydrogens (tertiary/aromatic N) is 3. The summed E-state index contributed by atoms with van der Waals surface area (Å²) in [5, 5.41) is 3.36. The van der Waals surface area contributed by atoms with E-state index in [4.69, 9.17) is 11.6 Å². The highest BCUT2D eigenvalue weighted by molar-refractivity contribution is 7.90. The van der Waals surface area contributed by atoms with E-state index in [-0.39, 0.29) is 12.5 Å². The molecule has 180 valence electrons. The van der Waals surface area contributed by atoms with Gasteiger partial charge in [-0.25, -0.2) is 4.31 Å². The van der Waals surface area contributed by atoms with E-state index >= 15 is 0 Å². The number of hydrogen-bond acceptors (Lipinski definition) is 4. The van der Waals surface area contributed by atoms with Gasteiger partial charge < -0.3 is 10.2 Å². The van der Waals surface area contributed by atoms with Crippen molar-refractivity contribution in [3.8, 4) is 0 Å². The molecule has 0 unspecified atom stereocenters. The lowest BCUT2D eigenvalue weighted by molar-refractivity contribution is -0.139. The third-order valence-corrected chi connectivity index (χ3v) is 7.12. The quantitative estimate of drug-likeness (QED) is 0.520. The Morgan fingerprint density at radius 3 is 2.18 bits per heavy atom. The van der Waals surface area contributed by atoms with Crippen molar-refractivity contribution in [1.82, 2.24) is 14.5 Å². The molecule has 0 spiro atoms. The van der Waals surface area contributed by atoms with Gasteiger partial charge in [0.05, 0.1) is 5.69 Å². The van der Waals surface area contributed by atoms with Gasteiger partial charge in [0.2, 0.25) is 11.8 Å². The Morgan fingerprint density at radius 1 is 1.03 bits per heavy atom. The molecule has 0 bridgehead atoms. The predicted molar refractivity (Wildman–Crippen MR) is 131 cm³/mol. The zero-order chi connectivity index (χ0) is 24.6. The Hall–Kier alpha value is -2.62. The van der Waals surface area contributed by atoms with Crippen molar-refractivity contribution in [3.05, 3.63) is 65.2 Å². The first kappa shape index (κ1) is 26.6. The van der Waals surface area contributed by atoms with Gasteiger partial charge in [-0.2, -0.15) is 12.7 Å². The van der Waals surface area contributed by atoms with Crippen molar-refractivity contribution >= 4 is 39.3 Å². The van der Waals surface area contributed by atoms with Gasteiger partial charge in [-0.15, -0.1) is 0 Å². The monoisotopic (exact) mass is 494 g/mol. The molecule has 0 radical (unpaired) electrons. The van der Waals surface area contributed by atoms with Crippen molar-refractivity contribution in [1.29, 1.82) is 0 Å². The summed E-state index contributed by atoms with van der Waals surface area (Å²) in [6.07, 6.45) is 0.756. The number of para-hydroxylation sites is 1. The number of nitrogens with one attached hydrogen (secondary N) is 1. The van der Waals surface area contributed by atoms with E-state index in [0.717, 1.165) is 20.6 Å². The van der Waals surface area contributed by atoms with E-state index in [9.17, 15) is 18.0 Å². The summed E-state index contributed by atoms with van der Waals surface area (Å²) in [6, 6.07) is 14.5. The Kier molecular flexibility index (Phi) is 9.70. The van der Waals surface area contributed by atoms with Crippen molar-refractivity contribution in [3.63, 3.8) is 0 Å². The number of hydrogen-bond donors (Lipinski definition) is 1. The molecule has 2 aromatic rings. The summed E-state index contributed by atoms with van der Waals surface area (Å²) in [7, 11) is -1.15. The van der Waals surface area contributed by atoms with Crippen LogP contribution in [0.5, 0.6) is 0 Å². The van der Waals surface area contributed by atoms with E-state index in [1.165, 1.54) is 19.0 Å². The molecule has 0 heterocycles. The van der Waals surface area contributed by atoms with Crippen LogP contribution in [0.15, 0.2) is 54.6 Å². The van der Waals surface area contributed by atoms with Gasteiger partial charge in [0, 0.05) is 32.2 Å². The first-order chi connectivity index (χ1) is 15.6. The molecule has 1 atom stereocenters. The zero-order valence-corrected chi connectivity index (χ0v) is 20.9. The third kappa shape index (κ3) is 7.18. The highest BCUT2D eigenvalue weighted by atomic mass is 35.5. The lowest BCUT2D eigenvalue weighted by atomic mass is 10.1. The SMILES string of the molecule is CCCNC(=O)[C@@H](C)N(Cc1ccc(Cl)cc1)C(=O)CN(c1ccccc1)S(=O)(=O)N(C)C. The minimum atomic E-state index is -3.96. The van der Waals surface area contributed by atoms with Crippen LogP contribution in [0.1, 0.15) is 25.8 Å². The van der Waals surface area contributed by atoms with E-state index in [2.05, 4.69) is 5.32 Å². The average Bonchev–Trinajstić information content (AvgIpc) is 2.80. The summed E-state index contributed by atoms with van der Waals surface area (Å²) in [5.41, 5.74) is 1.12. The molecular weight excluding hydrogens is 464 g/mol. The van der Waals surface area contributed by atoms with Crippen molar-refractivity contribution in [2.75, 3.05) is 31.5 Å². The summed E-state index contributed by atoms with van der Waals surface area (Å²) >= 11 is 5.97. The third-order valence-electron chi connectivity index (χ3n) is 5.05. The normalized spacial score (nSPS) is 12.3. The molecule has 0 aromatic heterocycles. The van der Waals surface area contributed by atoms with Crippen LogP contribution in [0.4, 0.5) is 5.69 Å². The van der Waals surface area contributed by atoms with Crippen LogP contribution in [0, 0.1) is 0 Å². The van der Waals surface area contributed by atoms with Crippen molar-refractivity contribution < 1.29 is 18.0 Å². The van der Waals surface area contributed by atoms with Gasteiger partial charge in [-0.1, -0.05) is 48.9 Å².